The number of nitrogens with two attached hydrogens (primary N) is 2. The maximum absolute atomic E-state index is 11.8. The van der Waals surface area contributed by atoms with Crippen LogP contribution < -0.4 is 11.5 Å². The predicted octanol–water partition coefficient (Wildman–Crippen LogP) is 1.63. The van der Waals surface area contributed by atoms with Crippen molar-refractivity contribution in [3.8, 4) is 0 Å². The molecule has 0 aliphatic carbocycles. The van der Waals surface area contributed by atoms with Gasteiger partial charge in [-0.2, -0.15) is 13.2 Å². The van der Waals surface area contributed by atoms with Gasteiger partial charge >= 0.3 is 6.18 Å². The van der Waals surface area contributed by atoms with Crippen molar-refractivity contribution in [3.63, 3.8) is 0 Å². The third-order valence-corrected chi connectivity index (χ3v) is 2.13. The lowest BCUT2D eigenvalue weighted by atomic mass is 10.1. The second kappa shape index (κ2) is 5.83. The third-order valence-electron chi connectivity index (χ3n) is 2.13. The normalized spacial score (nSPS) is 13.6. The average Bonchev–Trinajstić information content (AvgIpc) is 2.23. The monoisotopic (exact) mass is 249 g/mol. The van der Waals surface area contributed by atoms with Gasteiger partial charge in [0, 0.05) is 36.3 Å². The molecule has 0 fully saturated rings. The van der Waals surface area contributed by atoms with E-state index < -0.39 is 18.8 Å². The minimum Gasteiger partial charge on any atom is -0.398 e. The largest absolute Gasteiger partial charge is 0.411 e. The van der Waals surface area contributed by atoms with Crippen LogP contribution in [0.15, 0.2) is 18.5 Å². The molecule has 1 aromatic rings. The summed E-state index contributed by atoms with van der Waals surface area (Å²) in [6.45, 7) is -1.34. The molecular formula is C10H14F3N3O. The lowest BCUT2D eigenvalue weighted by Crippen LogP contribution is -2.20. The first-order valence-corrected chi connectivity index (χ1v) is 4.99. The first kappa shape index (κ1) is 13.7. The zero-order valence-electron chi connectivity index (χ0n) is 9.07. The highest BCUT2D eigenvalue weighted by atomic mass is 19.4. The molecule has 0 amide bonds. The predicted molar refractivity (Wildman–Crippen MR) is 57.1 cm³/mol. The zero-order valence-corrected chi connectivity index (χ0v) is 9.07. The van der Waals surface area contributed by atoms with Gasteiger partial charge in [0.2, 0.25) is 0 Å². The topological polar surface area (TPSA) is 74.2 Å². The Morgan fingerprint density at radius 3 is 2.71 bits per heavy atom. The quantitative estimate of drug-likeness (QED) is 0.778. The zero-order chi connectivity index (χ0) is 12.9. The lowest BCUT2D eigenvalue weighted by Gasteiger charge is -2.14. The van der Waals surface area contributed by atoms with E-state index in [0.29, 0.717) is 11.3 Å². The number of pyridine rings is 1. The number of nitrogen functional groups attached to an aromatic ring is 1. The summed E-state index contributed by atoms with van der Waals surface area (Å²) < 4.78 is 39.8. The molecule has 7 heteroatoms. The highest BCUT2D eigenvalue weighted by molar-refractivity contribution is 5.45. The van der Waals surface area contributed by atoms with Gasteiger partial charge in [-0.1, -0.05) is 0 Å². The molecule has 0 bridgehead atoms. The molecular weight excluding hydrogens is 235 g/mol. The van der Waals surface area contributed by atoms with E-state index in [1.54, 1.807) is 6.07 Å². The van der Waals surface area contributed by atoms with Crippen molar-refractivity contribution in [1.29, 1.82) is 0 Å². The smallest absolute Gasteiger partial charge is 0.398 e. The van der Waals surface area contributed by atoms with Gasteiger partial charge in [0.15, 0.2) is 0 Å². The molecule has 1 unspecified atom stereocenters. The van der Waals surface area contributed by atoms with Gasteiger partial charge < -0.3 is 16.2 Å². The molecule has 1 rings (SSSR count). The van der Waals surface area contributed by atoms with Gasteiger partial charge in [0.1, 0.15) is 6.61 Å². The van der Waals surface area contributed by atoms with Gasteiger partial charge in [-0.15, -0.1) is 0 Å². The summed E-state index contributed by atoms with van der Waals surface area (Å²) in [6.07, 6.45) is -1.03. The van der Waals surface area contributed by atoms with E-state index >= 15 is 0 Å². The molecule has 1 atom stereocenters. The number of nitrogens with zero attached hydrogens (tertiary/aromatic N) is 1. The molecule has 0 saturated heterocycles. The molecule has 0 radical (unpaired) electrons. The molecule has 0 saturated carbocycles. The van der Waals surface area contributed by atoms with Gasteiger partial charge in [0.25, 0.3) is 0 Å². The van der Waals surface area contributed by atoms with Crippen LogP contribution in [0.2, 0.25) is 0 Å². The lowest BCUT2D eigenvalue weighted by molar-refractivity contribution is -0.174. The number of alkyl halides is 3. The minimum absolute atomic E-state index is 0.0744. The maximum Gasteiger partial charge on any atom is 0.411 e. The number of halogens is 3. The van der Waals surface area contributed by atoms with Crippen LogP contribution in [0.4, 0.5) is 18.9 Å². The summed E-state index contributed by atoms with van der Waals surface area (Å²) in [4.78, 5) is 3.85. The van der Waals surface area contributed by atoms with Crippen molar-refractivity contribution in [1.82, 2.24) is 4.98 Å². The van der Waals surface area contributed by atoms with Gasteiger partial charge in [0.05, 0.1) is 0 Å². The van der Waals surface area contributed by atoms with E-state index in [9.17, 15) is 13.2 Å². The highest BCUT2D eigenvalue weighted by Gasteiger charge is 2.27. The fourth-order valence-electron chi connectivity index (χ4n) is 1.28. The van der Waals surface area contributed by atoms with Gasteiger partial charge in [-0.3, -0.25) is 4.98 Å². The maximum atomic E-state index is 11.8. The molecule has 0 aliphatic rings. The Morgan fingerprint density at radius 1 is 1.41 bits per heavy atom. The summed E-state index contributed by atoms with van der Waals surface area (Å²) in [5.41, 5.74) is 12.5. The number of hydrogen-bond acceptors (Lipinski definition) is 4. The highest BCUT2D eigenvalue weighted by Crippen LogP contribution is 2.20. The van der Waals surface area contributed by atoms with E-state index in [2.05, 4.69) is 9.72 Å². The molecule has 4 nitrogen and oxygen atoms in total. The second-order valence-corrected chi connectivity index (χ2v) is 3.57. The number of anilines is 1. The Labute approximate surface area is 96.8 Å². The van der Waals surface area contributed by atoms with Crippen LogP contribution >= 0.6 is 0 Å². The van der Waals surface area contributed by atoms with Crippen molar-refractivity contribution in [3.05, 3.63) is 24.0 Å². The van der Waals surface area contributed by atoms with Crippen molar-refractivity contribution in [2.75, 3.05) is 18.9 Å². The first-order chi connectivity index (χ1) is 7.90. The molecule has 0 spiro atoms. The van der Waals surface area contributed by atoms with Crippen LogP contribution in [0.1, 0.15) is 18.0 Å². The second-order valence-electron chi connectivity index (χ2n) is 3.57. The van der Waals surface area contributed by atoms with Crippen LogP contribution in [0.3, 0.4) is 0 Å². The molecule has 1 heterocycles. The van der Waals surface area contributed by atoms with E-state index in [4.69, 9.17) is 11.5 Å². The summed E-state index contributed by atoms with van der Waals surface area (Å²) in [5, 5.41) is 0. The summed E-state index contributed by atoms with van der Waals surface area (Å²) in [5.74, 6) is 0. The Balaban J connectivity index is 2.36. The van der Waals surface area contributed by atoms with Gasteiger partial charge in [-0.05, 0) is 12.5 Å². The Hall–Kier alpha value is -1.34. The first-order valence-electron chi connectivity index (χ1n) is 4.99. The van der Waals surface area contributed by atoms with E-state index in [1.165, 1.54) is 12.4 Å². The molecule has 0 aromatic carbocycles. The number of ether oxygens (including phenoxy) is 1. The number of rotatable bonds is 5. The summed E-state index contributed by atoms with van der Waals surface area (Å²) in [7, 11) is 0. The Morgan fingerprint density at radius 2 is 2.12 bits per heavy atom. The van der Waals surface area contributed by atoms with Crippen LogP contribution in [0.25, 0.3) is 0 Å². The summed E-state index contributed by atoms with van der Waals surface area (Å²) >= 11 is 0. The average molecular weight is 249 g/mol. The molecule has 96 valence electrons. The van der Waals surface area contributed by atoms with Crippen LogP contribution in [0.5, 0.6) is 0 Å². The SMILES string of the molecule is Nc1ccncc1C(N)CCOCC(F)(F)F. The number of aromatic nitrogens is 1. The Kier molecular flexibility index (Phi) is 4.71. The van der Waals surface area contributed by atoms with Crippen molar-refractivity contribution in [2.45, 2.75) is 18.6 Å². The molecule has 17 heavy (non-hydrogen) atoms. The van der Waals surface area contributed by atoms with Gasteiger partial charge in [-0.25, -0.2) is 0 Å². The van der Waals surface area contributed by atoms with E-state index in [0.717, 1.165) is 0 Å². The Bertz CT molecular complexity index is 357. The fourth-order valence-corrected chi connectivity index (χ4v) is 1.28. The van der Waals surface area contributed by atoms with Crippen molar-refractivity contribution >= 4 is 5.69 Å². The third kappa shape index (κ3) is 5.01. The number of hydrogen-bond donors (Lipinski definition) is 2. The van der Waals surface area contributed by atoms with E-state index in [-0.39, 0.29) is 13.0 Å². The molecule has 1 aromatic heterocycles. The standard InChI is InChI=1S/C10H14F3N3O/c11-10(12,13)6-17-4-2-9(15)7-5-16-3-1-8(7)14/h1,3,5,9H,2,4,6,15H2,(H2,14,16). The molecule has 4 N–H and O–H groups in total. The van der Waals surface area contributed by atoms with Crippen LogP contribution in [0, 0.1) is 0 Å². The van der Waals surface area contributed by atoms with E-state index in [1.807, 2.05) is 0 Å². The molecule has 0 aliphatic heterocycles. The fraction of sp³-hybridized carbons (Fsp3) is 0.500. The minimum atomic E-state index is -4.31. The van der Waals surface area contributed by atoms with Crippen LogP contribution in [-0.2, 0) is 4.74 Å². The van der Waals surface area contributed by atoms with Crippen LogP contribution in [-0.4, -0.2) is 24.4 Å². The summed E-state index contributed by atoms with van der Waals surface area (Å²) in [6, 6.07) is 1.11. The van der Waals surface area contributed by atoms with Crippen molar-refractivity contribution in [2.24, 2.45) is 5.73 Å². The van der Waals surface area contributed by atoms with Crippen molar-refractivity contribution < 1.29 is 17.9 Å².